The van der Waals surface area contributed by atoms with Gasteiger partial charge in [0.2, 0.25) is 0 Å². The summed E-state index contributed by atoms with van der Waals surface area (Å²) in [5.41, 5.74) is 2.98. The summed E-state index contributed by atoms with van der Waals surface area (Å²) >= 11 is 0. The van der Waals surface area contributed by atoms with Crippen molar-refractivity contribution in [1.29, 1.82) is 0 Å². The van der Waals surface area contributed by atoms with Crippen LogP contribution in [0.25, 0.3) is 0 Å². The van der Waals surface area contributed by atoms with Gasteiger partial charge in [-0.3, -0.25) is 0 Å². The number of benzene rings is 1. The molecule has 2 aliphatic rings. The van der Waals surface area contributed by atoms with Crippen LogP contribution < -0.4 is 10.2 Å². The minimum atomic E-state index is 0.756. The van der Waals surface area contributed by atoms with Crippen LogP contribution in [0.1, 0.15) is 38.2 Å². The molecule has 2 heteroatoms. The molecule has 0 amide bonds. The van der Waals surface area contributed by atoms with Gasteiger partial charge < -0.3 is 10.2 Å². The second-order valence-electron chi connectivity index (χ2n) is 6.19. The number of anilines is 1. The van der Waals surface area contributed by atoms with Crippen LogP contribution >= 0.6 is 0 Å². The molecule has 104 valence electrons. The van der Waals surface area contributed by atoms with E-state index < -0.39 is 0 Å². The van der Waals surface area contributed by atoms with E-state index in [0.717, 1.165) is 25.0 Å². The maximum atomic E-state index is 3.79. The van der Waals surface area contributed by atoms with Gasteiger partial charge in [-0.25, -0.2) is 0 Å². The van der Waals surface area contributed by atoms with Gasteiger partial charge in [-0.15, -0.1) is 0 Å². The summed E-state index contributed by atoms with van der Waals surface area (Å²) in [4.78, 5) is 2.54. The Morgan fingerprint density at radius 1 is 1.21 bits per heavy atom. The zero-order valence-corrected chi connectivity index (χ0v) is 12.1. The summed E-state index contributed by atoms with van der Waals surface area (Å²) in [5.74, 6) is 0.861. The maximum absolute atomic E-state index is 3.79. The molecule has 2 unspecified atom stereocenters. The number of nitrogens with one attached hydrogen (secondary N) is 1. The third kappa shape index (κ3) is 2.94. The van der Waals surface area contributed by atoms with Gasteiger partial charge in [0, 0.05) is 31.4 Å². The molecule has 1 heterocycles. The molecule has 1 saturated carbocycles. The van der Waals surface area contributed by atoms with Crippen LogP contribution in [0.15, 0.2) is 24.3 Å². The Morgan fingerprint density at radius 3 is 2.95 bits per heavy atom. The Morgan fingerprint density at radius 2 is 2.05 bits per heavy atom. The van der Waals surface area contributed by atoms with Gasteiger partial charge in [0.25, 0.3) is 0 Å². The normalized spacial score (nSPS) is 26.5. The van der Waals surface area contributed by atoms with Crippen molar-refractivity contribution in [3.05, 3.63) is 29.8 Å². The lowest BCUT2D eigenvalue weighted by atomic mass is 9.86. The highest BCUT2D eigenvalue weighted by atomic mass is 15.2. The van der Waals surface area contributed by atoms with Crippen molar-refractivity contribution in [2.24, 2.45) is 5.92 Å². The van der Waals surface area contributed by atoms with E-state index in [9.17, 15) is 0 Å². The van der Waals surface area contributed by atoms with Crippen LogP contribution in [0.3, 0.4) is 0 Å². The van der Waals surface area contributed by atoms with E-state index >= 15 is 0 Å². The molecule has 3 rings (SSSR count). The van der Waals surface area contributed by atoms with Gasteiger partial charge in [-0.05, 0) is 36.8 Å². The number of para-hydroxylation sites is 1. The molecule has 2 nitrogen and oxygen atoms in total. The first-order valence-electron chi connectivity index (χ1n) is 7.91. The fourth-order valence-corrected chi connectivity index (χ4v) is 3.64. The highest BCUT2D eigenvalue weighted by Crippen LogP contribution is 2.27. The number of fused-ring (bicyclic) bond motifs is 1. The molecule has 1 aliphatic carbocycles. The molecule has 0 spiro atoms. The summed E-state index contributed by atoms with van der Waals surface area (Å²) < 4.78 is 0. The van der Waals surface area contributed by atoms with Gasteiger partial charge in [0.05, 0.1) is 0 Å². The quantitative estimate of drug-likeness (QED) is 0.892. The van der Waals surface area contributed by atoms with Crippen molar-refractivity contribution in [3.63, 3.8) is 0 Å². The standard InChI is InChI=1S/C17H26N2/c1-14-6-2-4-8-16(14)18-11-13-19-12-10-15-7-3-5-9-17(15)19/h3,5,7,9,14,16,18H,2,4,6,8,10-13H2,1H3. The summed E-state index contributed by atoms with van der Waals surface area (Å²) in [6.45, 7) is 5.88. The number of nitrogens with zero attached hydrogens (tertiary/aromatic N) is 1. The van der Waals surface area contributed by atoms with E-state index in [1.807, 2.05) is 0 Å². The Hall–Kier alpha value is -1.02. The van der Waals surface area contributed by atoms with Crippen molar-refractivity contribution >= 4 is 5.69 Å². The van der Waals surface area contributed by atoms with E-state index in [0.29, 0.717) is 0 Å². The summed E-state index contributed by atoms with van der Waals surface area (Å²) in [7, 11) is 0. The molecular formula is C17H26N2. The van der Waals surface area contributed by atoms with Crippen LogP contribution in [-0.2, 0) is 6.42 Å². The zero-order chi connectivity index (χ0) is 13.1. The second kappa shape index (κ2) is 5.96. The fourth-order valence-electron chi connectivity index (χ4n) is 3.64. The summed E-state index contributed by atoms with van der Waals surface area (Å²) in [6.07, 6.45) is 6.84. The van der Waals surface area contributed by atoms with Gasteiger partial charge >= 0.3 is 0 Å². The SMILES string of the molecule is CC1CCCCC1NCCN1CCc2ccccc21. The summed E-state index contributed by atoms with van der Waals surface area (Å²) in [5, 5.41) is 3.79. The van der Waals surface area contributed by atoms with Crippen molar-refractivity contribution in [3.8, 4) is 0 Å². The zero-order valence-electron chi connectivity index (χ0n) is 12.1. The van der Waals surface area contributed by atoms with Crippen molar-refractivity contribution in [2.45, 2.75) is 45.1 Å². The second-order valence-corrected chi connectivity index (χ2v) is 6.19. The molecule has 0 aromatic heterocycles. The van der Waals surface area contributed by atoms with Crippen LogP contribution in [0, 0.1) is 5.92 Å². The first kappa shape index (κ1) is 13.0. The lowest BCUT2D eigenvalue weighted by Gasteiger charge is -2.30. The third-order valence-corrected chi connectivity index (χ3v) is 4.88. The van der Waals surface area contributed by atoms with E-state index in [2.05, 4.69) is 41.4 Å². The molecule has 0 bridgehead atoms. The van der Waals surface area contributed by atoms with Crippen molar-refractivity contribution < 1.29 is 0 Å². The lowest BCUT2D eigenvalue weighted by molar-refractivity contribution is 0.283. The average molecular weight is 258 g/mol. The summed E-state index contributed by atoms with van der Waals surface area (Å²) in [6, 6.07) is 9.61. The first-order chi connectivity index (χ1) is 9.34. The first-order valence-corrected chi connectivity index (χ1v) is 7.91. The fraction of sp³-hybridized carbons (Fsp3) is 0.647. The Kier molecular flexibility index (Phi) is 4.07. The third-order valence-electron chi connectivity index (χ3n) is 4.88. The van der Waals surface area contributed by atoms with Crippen LogP contribution in [0.4, 0.5) is 5.69 Å². The Labute approximate surface area is 117 Å². The minimum absolute atomic E-state index is 0.756. The largest absolute Gasteiger partial charge is 0.370 e. The Bertz CT molecular complexity index is 415. The van der Waals surface area contributed by atoms with Crippen molar-refractivity contribution in [2.75, 3.05) is 24.5 Å². The van der Waals surface area contributed by atoms with Crippen LogP contribution in [0.5, 0.6) is 0 Å². The van der Waals surface area contributed by atoms with Crippen molar-refractivity contribution in [1.82, 2.24) is 5.32 Å². The molecule has 19 heavy (non-hydrogen) atoms. The van der Waals surface area contributed by atoms with Gasteiger partial charge in [-0.2, -0.15) is 0 Å². The van der Waals surface area contributed by atoms with E-state index in [1.165, 1.54) is 49.9 Å². The highest BCUT2D eigenvalue weighted by molar-refractivity contribution is 5.57. The van der Waals surface area contributed by atoms with Gasteiger partial charge in [0.1, 0.15) is 0 Å². The molecule has 0 radical (unpaired) electrons. The van der Waals surface area contributed by atoms with Crippen LogP contribution in [0.2, 0.25) is 0 Å². The molecule has 1 aromatic carbocycles. The smallest absolute Gasteiger partial charge is 0.0399 e. The molecular weight excluding hydrogens is 232 g/mol. The topological polar surface area (TPSA) is 15.3 Å². The Balaban J connectivity index is 1.48. The monoisotopic (exact) mass is 258 g/mol. The average Bonchev–Trinajstić information content (AvgIpc) is 2.85. The molecule has 1 aliphatic heterocycles. The minimum Gasteiger partial charge on any atom is -0.370 e. The molecule has 2 atom stereocenters. The molecule has 1 aromatic rings. The predicted octanol–water partition coefficient (Wildman–Crippen LogP) is 3.22. The highest BCUT2D eigenvalue weighted by Gasteiger charge is 2.21. The molecule has 1 fully saturated rings. The van der Waals surface area contributed by atoms with E-state index in [1.54, 1.807) is 0 Å². The van der Waals surface area contributed by atoms with E-state index in [-0.39, 0.29) is 0 Å². The maximum Gasteiger partial charge on any atom is 0.0399 e. The molecule has 1 N–H and O–H groups in total. The van der Waals surface area contributed by atoms with Crippen LogP contribution in [-0.4, -0.2) is 25.7 Å². The lowest BCUT2D eigenvalue weighted by Crippen LogP contribution is -2.41. The number of hydrogen-bond acceptors (Lipinski definition) is 2. The predicted molar refractivity (Wildman–Crippen MR) is 81.8 cm³/mol. The molecule has 0 saturated heterocycles. The van der Waals surface area contributed by atoms with Gasteiger partial charge in [0.15, 0.2) is 0 Å². The number of hydrogen-bond donors (Lipinski definition) is 1. The van der Waals surface area contributed by atoms with Gasteiger partial charge in [-0.1, -0.05) is 38.0 Å². The number of rotatable bonds is 4. The van der Waals surface area contributed by atoms with E-state index in [4.69, 9.17) is 0 Å².